The van der Waals surface area contributed by atoms with Gasteiger partial charge in [-0.25, -0.2) is 9.97 Å². The molecule has 0 N–H and O–H groups in total. The molecule has 134 valence electrons. The molecule has 2 aromatic rings. The Morgan fingerprint density at radius 2 is 1.96 bits per heavy atom. The molecule has 0 aromatic carbocycles. The van der Waals surface area contributed by atoms with Crippen LogP contribution in [0, 0.1) is 6.92 Å². The van der Waals surface area contributed by atoms with Gasteiger partial charge in [0.05, 0.1) is 5.69 Å². The molecule has 0 aliphatic carbocycles. The standard InChI is InChI=1S/C19H28N6/c1-15-7-5-9-20-17(15)13-25-10-6-8-16(12-25)24(4)19-11-18(23(2)3)21-14-22-19/h5,7,9,11,14,16H,6,8,10,12-13H2,1-4H3. The molecule has 0 radical (unpaired) electrons. The molecule has 1 fully saturated rings. The van der Waals surface area contributed by atoms with E-state index in [9.17, 15) is 0 Å². The summed E-state index contributed by atoms with van der Waals surface area (Å²) in [5.41, 5.74) is 2.45. The Hall–Kier alpha value is -2.21. The van der Waals surface area contributed by atoms with Crippen LogP contribution in [0.5, 0.6) is 0 Å². The van der Waals surface area contributed by atoms with Gasteiger partial charge >= 0.3 is 0 Å². The Bertz CT molecular complexity index is 702. The van der Waals surface area contributed by atoms with Crippen LogP contribution < -0.4 is 9.80 Å². The third-order valence-corrected chi connectivity index (χ3v) is 4.98. The van der Waals surface area contributed by atoms with E-state index in [0.717, 1.165) is 31.3 Å². The maximum absolute atomic E-state index is 4.55. The quantitative estimate of drug-likeness (QED) is 0.833. The van der Waals surface area contributed by atoms with E-state index in [-0.39, 0.29) is 0 Å². The second-order valence-electron chi connectivity index (χ2n) is 7.04. The van der Waals surface area contributed by atoms with E-state index in [1.54, 1.807) is 6.33 Å². The van der Waals surface area contributed by atoms with Crippen molar-refractivity contribution in [3.8, 4) is 0 Å². The molecule has 0 bridgehead atoms. The van der Waals surface area contributed by atoms with Crippen LogP contribution in [0.25, 0.3) is 0 Å². The lowest BCUT2D eigenvalue weighted by atomic mass is 10.0. The molecule has 2 aromatic heterocycles. The monoisotopic (exact) mass is 340 g/mol. The fourth-order valence-electron chi connectivity index (χ4n) is 3.35. The molecule has 0 amide bonds. The maximum atomic E-state index is 4.55. The van der Waals surface area contributed by atoms with Gasteiger partial charge in [0.15, 0.2) is 0 Å². The highest BCUT2D eigenvalue weighted by molar-refractivity contribution is 5.49. The summed E-state index contributed by atoms with van der Waals surface area (Å²) in [5, 5.41) is 0. The van der Waals surface area contributed by atoms with Crippen LogP contribution in [0.3, 0.4) is 0 Å². The van der Waals surface area contributed by atoms with Crippen molar-refractivity contribution in [1.82, 2.24) is 19.9 Å². The van der Waals surface area contributed by atoms with Gasteiger partial charge in [-0.15, -0.1) is 0 Å². The second kappa shape index (κ2) is 7.78. The number of hydrogen-bond acceptors (Lipinski definition) is 6. The van der Waals surface area contributed by atoms with Gasteiger partial charge in [-0.05, 0) is 37.9 Å². The number of likely N-dealkylation sites (tertiary alicyclic amines) is 1. The SMILES string of the molecule is Cc1cccnc1CN1CCCC(N(C)c2cc(N(C)C)ncn2)C1. The molecule has 1 unspecified atom stereocenters. The predicted molar refractivity (Wildman–Crippen MR) is 102 cm³/mol. The molecule has 0 spiro atoms. The third-order valence-electron chi connectivity index (χ3n) is 4.98. The summed E-state index contributed by atoms with van der Waals surface area (Å²) in [7, 11) is 6.15. The molecule has 1 aliphatic heterocycles. The summed E-state index contributed by atoms with van der Waals surface area (Å²) in [6.07, 6.45) is 5.93. The molecular weight excluding hydrogens is 312 g/mol. The summed E-state index contributed by atoms with van der Waals surface area (Å²) >= 11 is 0. The topological polar surface area (TPSA) is 48.4 Å². The summed E-state index contributed by atoms with van der Waals surface area (Å²) in [6.45, 7) is 5.23. The highest BCUT2D eigenvalue weighted by Gasteiger charge is 2.25. The second-order valence-corrected chi connectivity index (χ2v) is 7.04. The third kappa shape index (κ3) is 4.25. The molecule has 6 heteroatoms. The van der Waals surface area contributed by atoms with E-state index in [1.807, 2.05) is 31.3 Å². The molecule has 25 heavy (non-hydrogen) atoms. The molecule has 6 nitrogen and oxygen atoms in total. The lowest BCUT2D eigenvalue weighted by Gasteiger charge is -2.38. The number of pyridine rings is 1. The van der Waals surface area contributed by atoms with E-state index < -0.39 is 0 Å². The Labute approximate surface area is 150 Å². The molecule has 3 heterocycles. The van der Waals surface area contributed by atoms with Crippen LogP contribution in [0.2, 0.25) is 0 Å². The molecule has 3 rings (SSSR count). The Morgan fingerprint density at radius 3 is 2.72 bits per heavy atom. The number of nitrogens with zero attached hydrogens (tertiary/aromatic N) is 6. The summed E-state index contributed by atoms with van der Waals surface area (Å²) < 4.78 is 0. The first-order valence-electron chi connectivity index (χ1n) is 8.89. The smallest absolute Gasteiger partial charge is 0.134 e. The van der Waals surface area contributed by atoms with Gasteiger partial charge in [-0.3, -0.25) is 9.88 Å². The molecular formula is C19H28N6. The number of likely N-dealkylation sites (N-methyl/N-ethyl adjacent to an activating group) is 1. The summed E-state index contributed by atoms with van der Waals surface area (Å²) in [4.78, 5) is 20.2. The van der Waals surface area contributed by atoms with Crippen LogP contribution in [0.1, 0.15) is 24.1 Å². The van der Waals surface area contributed by atoms with E-state index in [2.05, 4.69) is 50.9 Å². The number of hydrogen-bond donors (Lipinski definition) is 0. The van der Waals surface area contributed by atoms with Crippen molar-refractivity contribution in [3.63, 3.8) is 0 Å². The van der Waals surface area contributed by atoms with E-state index in [4.69, 9.17) is 0 Å². The normalized spacial score (nSPS) is 18.2. The van der Waals surface area contributed by atoms with Crippen molar-refractivity contribution in [3.05, 3.63) is 42.0 Å². The van der Waals surface area contributed by atoms with Crippen LogP contribution in [-0.4, -0.2) is 60.1 Å². The molecule has 0 saturated carbocycles. The Kier molecular flexibility index (Phi) is 5.48. The minimum Gasteiger partial charge on any atom is -0.363 e. The Balaban J connectivity index is 1.68. The number of rotatable bonds is 5. The number of aryl methyl sites for hydroxylation is 1. The summed E-state index contributed by atoms with van der Waals surface area (Å²) in [5.74, 6) is 1.92. The van der Waals surface area contributed by atoms with Crippen molar-refractivity contribution in [2.24, 2.45) is 0 Å². The van der Waals surface area contributed by atoms with E-state index in [1.165, 1.54) is 24.1 Å². The fourth-order valence-corrected chi connectivity index (χ4v) is 3.35. The number of piperidine rings is 1. The van der Waals surface area contributed by atoms with E-state index >= 15 is 0 Å². The van der Waals surface area contributed by atoms with Crippen molar-refractivity contribution in [2.45, 2.75) is 32.4 Å². The first-order chi connectivity index (χ1) is 12.0. The average Bonchev–Trinajstić information content (AvgIpc) is 2.63. The van der Waals surface area contributed by atoms with Gasteiger partial charge in [0.2, 0.25) is 0 Å². The van der Waals surface area contributed by atoms with Crippen molar-refractivity contribution < 1.29 is 0 Å². The largest absolute Gasteiger partial charge is 0.363 e. The first-order valence-corrected chi connectivity index (χ1v) is 8.89. The fraction of sp³-hybridized carbons (Fsp3) is 0.526. The van der Waals surface area contributed by atoms with Crippen LogP contribution in [-0.2, 0) is 6.54 Å². The van der Waals surface area contributed by atoms with Crippen LogP contribution >= 0.6 is 0 Å². The highest BCUT2D eigenvalue weighted by atomic mass is 15.3. The zero-order valence-corrected chi connectivity index (χ0v) is 15.7. The highest BCUT2D eigenvalue weighted by Crippen LogP contribution is 2.23. The van der Waals surface area contributed by atoms with Crippen LogP contribution in [0.15, 0.2) is 30.7 Å². The Morgan fingerprint density at radius 1 is 1.16 bits per heavy atom. The average molecular weight is 340 g/mol. The van der Waals surface area contributed by atoms with Crippen molar-refractivity contribution in [1.29, 1.82) is 0 Å². The molecule has 1 atom stereocenters. The maximum Gasteiger partial charge on any atom is 0.134 e. The first kappa shape index (κ1) is 17.6. The lowest BCUT2D eigenvalue weighted by molar-refractivity contribution is 0.196. The van der Waals surface area contributed by atoms with Gasteiger partial charge in [-0.1, -0.05) is 6.07 Å². The van der Waals surface area contributed by atoms with Crippen molar-refractivity contribution >= 4 is 11.6 Å². The van der Waals surface area contributed by atoms with Crippen LogP contribution in [0.4, 0.5) is 11.6 Å². The number of aromatic nitrogens is 3. The van der Waals surface area contributed by atoms with Gasteiger partial charge in [0.1, 0.15) is 18.0 Å². The zero-order valence-electron chi connectivity index (χ0n) is 15.7. The molecule has 1 aliphatic rings. The minimum absolute atomic E-state index is 0.461. The van der Waals surface area contributed by atoms with Crippen molar-refractivity contribution in [2.75, 3.05) is 44.0 Å². The van der Waals surface area contributed by atoms with Gasteiger partial charge in [-0.2, -0.15) is 0 Å². The minimum atomic E-state index is 0.461. The lowest BCUT2D eigenvalue weighted by Crippen LogP contribution is -2.46. The van der Waals surface area contributed by atoms with E-state index in [0.29, 0.717) is 6.04 Å². The van der Waals surface area contributed by atoms with Gasteiger partial charge in [0.25, 0.3) is 0 Å². The predicted octanol–water partition coefficient (Wildman–Crippen LogP) is 2.35. The van der Waals surface area contributed by atoms with Gasteiger partial charge in [0, 0.05) is 52.5 Å². The zero-order chi connectivity index (χ0) is 17.8. The summed E-state index contributed by atoms with van der Waals surface area (Å²) in [6, 6.07) is 6.66. The molecule has 1 saturated heterocycles. The van der Waals surface area contributed by atoms with Gasteiger partial charge < -0.3 is 9.80 Å². The number of anilines is 2.